The van der Waals surface area contributed by atoms with Gasteiger partial charge in [0.1, 0.15) is 35.3 Å². The fourth-order valence-corrected chi connectivity index (χ4v) is 3.34. The summed E-state index contributed by atoms with van der Waals surface area (Å²) in [4.78, 5) is 15.5. The number of benzene rings is 2. The van der Waals surface area contributed by atoms with E-state index in [1.165, 1.54) is 6.07 Å². The Morgan fingerprint density at radius 2 is 1.88 bits per heavy atom. The van der Waals surface area contributed by atoms with Gasteiger partial charge in [0.05, 0.1) is 0 Å². The molecule has 0 aliphatic rings. The molecule has 0 radical (unpaired) electrons. The number of pyridine rings is 1. The van der Waals surface area contributed by atoms with E-state index < -0.39 is 11.6 Å². The predicted molar refractivity (Wildman–Crippen MR) is 122 cm³/mol. The Bertz CT molecular complexity index is 1250. The van der Waals surface area contributed by atoms with Crippen LogP contribution in [0.5, 0.6) is 5.75 Å². The molecule has 0 amide bonds. The van der Waals surface area contributed by atoms with Crippen LogP contribution >= 0.6 is 0 Å². The number of nitrogens with zero attached hydrogens (tertiary/aromatic N) is 4. The first-order valence-electron chi connectivity index (χ1n) is 10.1. The average Bonchev–Trinajstić information content (AvgIpc) is 2.80. The van der Waals surface area contributed by atoms with Gasteiger partial charge in [-0.15, -0.1) is 0 Å². The lowest BCUT2D eigenvalue weighted by atomic mass is 10.0. The second kappa shape index (κ2) is 9.23. The quantitative estimate of drug-likeness (QED) is 0.457. The van der Waals surface area contributed by atoms with E-state index in [0.717, 1.165) is 17.7 Å². The molecular formula is C24H23F2N5O. The van der Waals surface area contributed by atoms with Crippen molar-refractivity contribution in [3.63, 3.8) is 0 Å². The molecule has 0 atom stereocenters. The van der Waals surface area contributed by atoms with E-state index in [9.17, 15) is 8.78 Å². The molecular weight excluding hydrogens is 412 g/mol. The minimum absolute atomic E-state index is 0.141. The maximum atomic E-state index is 14.5. The number of rotatable bonds is 7. The van der Waals surface area contributed by atoms with Crippen molar-refractivity contribution in [3.8, 4) is 28.3 Å². The van der Waals surface area contributed by atoms with Crippen LogP contribution in [0.4, 0.5) is 14.6 Å². The minimum Gasteiger partial charge on any atom is -0.490 e. The molecule has 32 heavy (non-hydrogen) atoms. The zero-order chi connectivity index (χ0) is 22.7. The Labute approximate surface area is 184 Å². The molecule has 2 heterocycles. The van der Waals surface area contributed by atoms with Crippen LogP contribution in [0.25, 0.3) is 33.4 Å². The van der Waals surface area contributed by atoms with Crippen LogP contribution in [0.1, 0.15) is 0 Å². The summed E-state index contributed by atoms with van der Waals surface area (Å²) in [7, 11) is 5.64. The van der Waals surface area contributed by atoms with Crippen molar-refractivity contribution in [3.05, 3.63) is 66.5 Å². The lowest BCUT2D eigenvalue weighted by Crippen LogP contribution is -2.19. The molecule has 0 aliphatic heterocycles. The number of aromatic nitrogens is 3. The number of ether oxygens (including phenoxy) is 1. The fourth-order valence-electron chi connectivity index (χ4n) is 3.34. The van der Waals surface area contributed by atoms with E-state index in [2.05, 4.69) is 15.3 Å². The molecule has 164 valence electrons. The van der Waals surface area contributed by atoms with Gasteiger partial charge in [0, 0.05) is 42.5 Å². The highest BCUT2D eigenvalue weighted by Gasteiger charge is 2.17. The molecule has 0 spiro atoms. The van der Waals surface area contributed by atoms with Crippen molar-refractivity contribution in [2.45, 2.75) is 0 Å². The highest BCUT2D eigenvalue weighted by atomic mass is 19.1. The van der Waals surface area contributed by atoms with Gasteiger partial charge < -0.3 is 15.0 Å². The first kappa shape index (κ1) is 21.6. The SMILES string of the molecule is CNc1nc(-c2cccnc2)nc2c(OCCN(C)C)cc(-c3cc(F)ccc3F)cc12. The largest absolute Gasteiger partial charge is 0.490 e. The molecule has 2 aromatic carbocycles. The predicted octanol–water partition coefficient (Wildman–Crippen LogP) is 4.62. The molecule has 1 N–H and O–H groups in total. The molecule has 0 fully saturated rings. The number of likely N-dealkylation sites (N-methyl/N-ethyl adjacent to an activating group) is 1. The lowest BCUT2D eigenvalue weighted by Gasteiger charge is -2.16. The summed E-state index contributed by atoms with van der Waals surface area (Å²) in [6.45, 7) is 1.08. The van der Waals surface area contributed by atoms with Crippen molar-refractivity contribution in [2.75, 3.05) is 39.6 Å². The van der Waals surface area contributed by atoms with Gasteiger partial charge in [0.25, 0.3) is 0 Å². The van der Waals surface area contributed by atoms with Crippen LogP contribution in [0.3, 0.4) is 0 Å². The number of hydrogen-bond donors (Lipinski definition) is 1. The van der Waals surface area contributed by atoms with E-state index >= 15 is 0 Å². The number of fused-ring (bicyclic) bond motifs is 1. The van der Waals surface area contributed by atoms with Crippen LogP contribution < -0.4 is 10.1 Å². The van der Waals surface area contributed by atoms with Gasteiger partial charge in [-0.25, -0.2) is 18.7 Å². The van der Waals surface area contributed by atoms with Crippen LogP contribution in [0.15, 0.2) is 54.9 Å². The number of halogens is 2. The maximum absolute atomic E-state index is 14.5. The van der Waals surface area contributed by atoms with Gasteiger partial charge in [-0.1, -0.05) is 0 Å². The van der Waals surface area contributed by atoms with E-state index in [1.807, 2.05) is 31.1 Å². The van der Waals surface area contributed by atoms with Crippen molar-refractivity contribution in [1.82, 2.24) is 19.9 Å². The van der Waals surface area contributed by atoms with Gasteiger partial charge >= 0.3 is 0 Å². The second-order valence-corrected chi connectivity index (χ2v) is 7.53. The van der Waals surface area contributed by atoms with Gasteiger partial charge in [0.2, 0.25) is 0 Å². The molecule has 8 heteroatoms. The molecule has 4 aromatic rings. The Kier molecular flexibility index (Phi) is 6.23. The lowest BCUT2D eigenvalue weighted by molar-refractivity contribution is 0.263. The summed E-state index contributed by atoms with van der Waals surface area (Å²) in [6.07, 6.45) is 3.36. The van der Waals surface area contributed by atoms with Crippen LogP contribution in [0.2, 0.25) is 0 Å². The number of hydrogen-bond acceptors (Lipinski definition) is 6. The standard InChI is InChI=1S/C24H23F2N5O/c1-27-24-19-11-16(18-13-17(25)6-7-20(18)26)12-21(32-10-9-31(2)3)22(19)29-23(30-24)15-5-4-8-28-14-15/h4-8,11-14H,9-10H2,1-3H3,(H,27,29,30). The molecule has 0 bridgehead atoms. The Morgan fingerprint density at radius 1 is 1.03 bits per heavy atom. The zero-order valence-corrected chi connectivity index (χ0v) is 18.1. The Morgan fingerprint density at radius 3 is 2.59 bits per heavy atom. The van der Waals surface area contributed by atoms with Gasteiger partial charge in [-0.2, -0.15) is 0 Å². The van der Waals surface area contributed by atoms with Gasteiger partial charge in [-0.05, 0) is 62.1 Å². The van der Waals surface area contributed by atoms with E-state index in [1.54, 1.807) is 31.6 Å². The fraction of sp³-hybridized carbons (Fsp3) is 0.208. The third-order valence-electron chi connectivity index (χ3n) is 4.96. The first-order valence-corrected chi connectivity index (χ1v) is 10.1. The van der Waals surface area contributed by atoms with Crippen molar-refractivity contribution < 1.29 is 13.5 Å². The Hall–Kier alpha value is -3.65. The summed E-state index contributed by atoms with van der Waals surface area (Å²) in [5.41, 5.74) is 1.94. The highest BCUT2D eigenvalue weighted by molar-refractivity contribution is 5.97. The highest BCUT2D eigenvalue weighted by Crippen LogP contribution is 2.36. The van der Waals surface area contributed by atoms with Crippen LogP contribution in [-0.4, -0.2) is 54.1 Å². The number of anilines is 1. The summed E-state index contributed by atoms with van der Waals surface area (Å²) in [5, 5.41) is 3.72. The summed E-state index contributed by atoms with van der Waals surface area (Å²) >= 11 is 0. The molecule has 2 aromatic heterocycles. The second-order valence-electron chi connectivity index (χ2n) is 7.53. The minimum atomic E-state index is -0.524. The molecule has 0 saturated heterocycles. The summed E-state index contributed by atoms with van der Waals surface area (Å²) in [5.74, 6) is 0.451. The van der Waals surface area contributed by atoms with Crippen molar-refractivity contribution in [1.29, 1.82) is 0 Å². The third-order valence-corrected chi connectivity index (χ3v) is 4.96. The molecule has 6 nitrogen and oxygen atoms in total. The third kappa shape index (κ3) is 4.50. The van der Waals surface area contributed by atoms with Crippen molar-refractivity contribution >= 4 is 16.7 Å². The molecule has 4 rings (SSSR count). The van der Waals surface area contributed by atoms with E-state index in [0.29, 0.717) is 47.0 Å². The monoisotopic (exact) mass is 435 g/mol. The van der Waals surface area contributed by atoms with Crippen LogP contribution in [0, 0.1) is 11.6 Å². The summed E-state index contributed by atoms with van der Waals surface area (Å²) in [6, 6.07) is 10.5. The molecule has 0 saturated carbocycles. The normalized spacial score (nSPS) is 11.2. The van der Waals surface area contributed by atoms with Crippen LogP contribution in [-0.2, 0) is 0 Å². The topological polar surface area (TPSA) is 63.2 Å². The summed E-state index contributed by atoms with van der Waals surface area (Å²) < 4.78 is 34.5. The smallest absolute Gasteiger partial charge is 0.163 e. The Balaban J connectivity index is 1.93. The first-order chi connectivity index (χ1) is 15.5. The maximum Gasteiger partial charge on any atom is 0.163 e. The molecule has 0 aliphatic carbocycles. The molecule has 0 unspecified atom stereocenters. The van der Waals surface area contributed by atoms with Crippen molar-refractivity contribution in [2.24, 2.45) is 0 Å². The van der Waals surface area contributed by atoms with Gasteiger partial charge in [-0.3, -0.25) is 4.98 Å². The number of nitrogens with one attached hydrogen (secondary N) is 1. The van der Waals surface area contributed by atoms with E-state index in [-0.39, 0.29) is 5.56 Å². The zero-order valence-electron chi connectivity index (χ0n) is 18.1. The average molecular weight is 435 g/mol. The van der Waals surface area contributed by atoms with E-state index in [4.69, 9.17) is 9.72 Å². The van der Waals surface area contributed by atoms with Gasteiger partial charge in [0.15, 0.2) is 5.82 Å².